The van der Waals surface area contributed by atoms with Crippen LogP contribution >= 0.6 is 0 Å². The van der Waals surface area contributed by atoms with E-state index in [4.69, 9.17) is 5.73 Å². The summed E-state index contributed by atoms with van der Waals surface area (Å²) in [5, 5.41) is 0. The van der Waals surface area contributed by atoms with E-state index in [1.54, 1.807) is 6.07 Å². The van der Waals surface area contributed by atoms with Gasteiger partial charge in [-0.25, -0.2) is 4.39 Å². The summed E-state index contributed by atoms with van der Waals surface area (Å²) >= 11 is 0. The third-order valence-electron chi connectivity index (χ3n) is 3.89. The van der Waals surface area contributed by atoms with Gasteiger partial charge in [-0.2, -0.15) is 0 Å². The fourth-order valence-corrected chi connectivity index (χ4v) is 2.97. The van der Waals surface area contributed by atoms with Gasteiger partial charge in [0, 0.05) is 29.9 Å². The fraction of sp³-hybridized carbons (Fsp3) is 0.600. The molecule has 1 heterocycles. The van der Waals surface area contributed by atoms with E-state index in [1.807, 2.05) is 13.0 Å². The number of halogens is 1. The number of anilines is 1. The van der Waals surface area contributed by atoms with Gasteiger partial charge in [0.1, 0.15) is 5.82 Å². The van der Waals surface area contributed by atoms with Crippen LogP contribution in [0.3, 0.4) is 0 Å². The molecule has 0 radical (unpaired) electrons. The van der Waals surface area contributed by atoms with Gasteiger partial charge in [0.2, 0.25) is 0 Å². The molecule has 0 saturated carbocycles. The summed E-state index contributed by atoms with van der Waals surface area (Å²) in [6.07, 6.45) is 4.77. The maximum atomic E-state index is 14.0. The molecule has 1 aromatic rings. The number of hydrogen-bond acceptors (Lipinski definition) is 2. The molecule has 100 valence electrons. The molecule has 0 bridgehead atoms. The summed E-state index contributed by atoms with van der Waals surface area (Å²) in [6.45, 7) is 5.07. The van der Waals surface area contributed by atoms with Crippen LogP contribution in [0.25, 0.3) is 0 Å². The van der Waals surface area contributed by atoms with Crippen LogP contribution in [-0.4, -0.2) is 12.6 Å². The normalized spacial score (nSPS) is 22.0. The Balaban J connectivity index is 2.39. The molecule has 1 aromatic carbocycles. The van der Waals surface area contributed by atoms with E-state index in [0.717, 1.165) is 18.7 Å². The highest BCUT2D eigenvalue weighted by Gasteiger charge is 2.25. The molecule has 2 atom stereocenters. The van der Waals surface area contributed by atoms with Crippen LogP contribution < -0.4 is 10.6 Å². The van der Waals surface area contributed by atoms with Gasteiger partial charge >= 0.3 is 0 Å². The predicted molar refractivity (Wildman–Crippen MR) is 74.3 cm³/mol. The molecule has 1 aliphatic heterocycles. The van der Waals surface area contributed by atoms with Crippen molar-refractivity contribution >= 4 is 5.69 Å². The van der Waals surface area contributed by atoms with E-state index < -0.39 is 0 Å². The SMILES string of the molecule is CCC1CCCCN1c1cccc(F)c1[C@H](C)N. The van der Waals surface area contributed by atoms with Gasteiger partial charge in [0.15, 0.2) is 0 Å². The van der Waals surface area contributed by atoms with Gasteiger partial charge in [0.25, 0.3) is 0 Å². The van der Waals surface area contributed by atoms with Gasteiger partial charge in [-0.3, -0.25) is 0 Å². The molecule has 18 heavy (non-hydrogen) atoms. The van der Waals surface area contributed by atoms with Crippen molar-refractivity contribution in [3.63, 3.8) is 0 Å². The standard InChI is InChI=1S/C15H23FN2/c1-3-12-7-4-5-10-18(12)14-9-6-8-13(16)15(14)11(2)17/h6,8-9,11-12H,3-5,7,10,17H2,1-2H3/t11-,12?/m0/s1. The van der Waals surface area contributed by atoms with E-state index in [1.165, 1.54) is 25.3 Å². The van der Waals surface area contributed by atoms with E-state index in [2.05, 4.69) is 11.8 Å². The third-order valence-corrected chi connectivity index (χ3v) is 3.89. The van der Waals surface area contributed by atoms with Crippen LogP contribution in [0.15, 0.2) is 18.2 Å². The first-order valence-corrected chi connectivity index (χ1v) is 6.95. The number of piperidine rings is 1. The minimum absolute atomic E-state index is 0.178. The third kappa shape index (κ3) is 2.51. The summed E-state index contributed by atoms with van der Waals surface area (Å²) in [6, 6.07) is 5.57. The van der Waals surface area contributed by atoms with Crippen LogP contribution in [-0.2, 0) is 0 Å². The fourth-order valence-electron chi connectivity index (χ4n) is 2.97. The minimum atomic E-state index is -0.263. The first-order valence-electron chi connectivity index (χ1n) is 6.95. The zero-order valence-electron chi connectivity index (χ0n) is 11.3. The van der Waals surface area contributed by atoms with E-state index in [9.17, 15) is 4.39 Å². The topological polar surface area (TPSA) is 29.3 Å². The Morgan fingerprint density at radius 1 is 1.44 bits per heavy atom. The predicted octanol–water partition coefficient (Wildman–Crippen LogP) is 3.61. The van der Waals surface area contributed by atoms with Crippen molar-refractivity contribution in [2.24, 2.45) is 5.73 Å². The second kappa shape index (κ2) is 5.70. The van der Waals surface area contributed by atoms with Crippen molar-refractivity contribution in [3.05, 3.63) is 29.6 Å². The maximum Gasteiger partial charge on any atom is 0.130 e. The molecule has 0 spiro atoms. The average molecular weight is 250 g/mol. The molecule has 1 fully saturated rings. The van der Waals surface area contributed by atoms with Crippen LogP contribution in [0, 0.1) is 5.82 Å². The van der Waals surface area contributed by atoms with Crippen molar-refractivity contribution in [1.82, 2.24) is 0 Å². The molecule has 0 amide bonds. The lowest BCUT2D eigenvalue weighted by atomic mass is 9.96. The van der Waals surface area contributed by atoms with Gasteiger partial charge < -0.3 is 10.6 Å². The molecule has 1 saturated heterocycles. The molecule has 2 rings (SSSR count). The molecule has 2 N–H and O–H groups in total. The van der Waals surface area contributed by atoms with Crippen molar-refractivity contribution < 1.29 is 4.39 Å². The molecule has 2 nitrogen and oxygen atoms in total. The molecule has 0 aliphatic carbocycles. The molecular weight excluding hydrogens is 227 g/mol. The van der Waals surface area contributed by atoms with Crippen LogP contribution in [0.5, 0.6) is 0 Å². The van der Waals surface area contributed by atoms with Crippen LogP contribution in [0.1, 0.15) is 51.1 Å². The molecular formula is C15H23FN2. The first kappa shape index (κ1) is 13.3. The summed E-state index contributed by atoms with van der Waals surface area (Å²) in [5.41, 5.74) is 7.60. The van der Waals surface area contributed by atoms with Gasteiger partial charge in [0.05, 0.1) is 0 Å². The number of benzene rings is 1. The average Bonchev–Trinajstić information content (AvgIpc) is 2.38. The van der Waals surface area contributed by atoms with Gasteiger partial charge in [-0.1, -0.05) is 13.0 Å². The summed E-state index contributed by atoms with van der Waals surface area (Å²) in [4.78, 5) is 2.35. The maximum absolute atomic E-state index is 14.0. The van der Waals surface area contributed by atoms with E-state index in [-0.39, 0.29) is 11.9 Å². The molecule has 3 heteroatoms. The Morgan fingerprint density at radius 3 is 2.89 bits per heavy atom. The van der Waals surface area contributed by atoms with Crippen LogP contribution in [0.2, 0.25) is 0 Å². The second-order valence-corrected chi connectivity index (χ2v) is 5.21. The molecule has 1 aliphatic rings. The number of hydrogen-bond donors (Lipinski definition) is 1. The van der Waals surface area contributed by atoms with Gasteiger partial charge in [-0.05, 0) is 44.7 Å². The zero-order valence-corrected chi connectivity index (χ0v) is 11.3. The first-order chi connectivity index (χ1) is 8.65. The number of nitrogens with zero attached hydrogens (tertiary/aromatic N) is 1. The highest BCUT2D eigenvalue weighted by molar-refractivity contribution is 5.56. The summed E-state index contributed by atoms with van der Waals surface area (Å²) in [7, 11) is 0. The van der Waals surface area contributed by atoms with Crippen molar-refractivity contribution in [1.29, 1.82) is 0 Å². The highest BCUT2D eigenvalue weighted by atomic mass is 19.1. The van der Waals surface area contributed by atoms with E-state index >= 15 is 0 Å². The number of nitrogens with two attached hydrogens (primary N) is 1. The van der Waals surface area contributed by atoms with Crippen LogP contribution in [0.4, 0.5) is 10.1 Å². The Labute approximate surface area is 109 Å². The lowest BCUT2D eigenvalue weighted by Gasteiger charge is -2.38. The lowest BCUT2D eigenvalue weighted by Crippen LogP contribution is -2.40. The van der Waals surface area contributed by atoms with Gasteiger partial charge in [-0.15, -0.1) is 0 Å². The summed E-state index contributed by atoms with van der Waals surface area (Å²) in [5.74, 6) is -0.178. The minimum Gasteiger partial charge on any atom is -0.368 e. The smallest absolute Gasteiger partial charge is 0.130 e. The molecule has 0 aromatic heterocycles. The van der Waals surface area contributed by atoms with E-state index in [0.29, 0.717) is 11.6 Å². The Kier molecular flexibility index (Phi) is 4.23. The lowest BCUT2D eigenvalue weighted by molar-refractivity contribution is 0.447. The summed E-state index contributed by atoms with van der Waals surface area (Å²) < 4.78 is 14.0. The Hall–Kier alpha value is -1.09. The Bertz CT molecular complexity index is 403. The molecule has 1 unspecified atom stereocenters. The second-order valence-electron chi connectivity index (χ2n) is 5.21. The zero-order chi connectivity index (χ0) is 13.1. The van der Waals surface area contributed by atoms with Crippen molar-refractivity contribution in [2.45, 2.75) is 51.6 Å². The Morgan fingerprint density at radius 2 is 2.22 bits per heavy atom. The monoisotopic (exact) mass is 250 g/mol. The largest absolute Gasteiger partial charge is 0.368 e. The van der Waals surface area contributed by atoms with Crippen molar-refractivity contribution in [3.8, 4) is 0 Å². The number of rotatable bonds is 3. The quantitative estimate of drug-likeness (QED) is 0.888. The highest BCUT2D eigenvalue weighted by Crippen LogP contribution is 2.33. The van der Waals surface area contributed by atoms with Crippen molar-refractivity contribution in [2.75, 3.05) is 11.4 Å².